The predicted octanol–water partition coefficient (Wildman–Crippen LogP) is 3.19. The first-order valence-electron chi connectivity index (χ1n) is 5.73. The Morgan fingerprint density at radius 1 is 1.21 bits per heavy atom. The molecule has 0 aliphatic carbocycles. The number of aryl methyl sites for hydroxylation is 1. The maximum absolute atomic E-state index is 11.0. The maximum atomic E-state index is 11.0. The van der Waals surface area contributed by atoms with E-state index in [1.807, 2.05) is 19.1 Å². The van der Waals surface area contributed by atoms with E-state index in [0.29, 0.717) is 11.3 Å². The van der Waals surface area contributed by atoms with Crippen LogP contribution < -0.4 is 4.74 Å². The number of rotatable bonds is 4. The fraction of sp³-hybridized carbons (Fsp3) is 0.143. The Labute approximate surface area is 110 Å². The third-order valence-electron chi connectivity index (χ3n) is 2.72. The summed E-state index contributed by atoms with van der Waals surface area (Å²) in [5, 5.41) is 20.0. The number of para-hydroxylation sites is 1. The van der Waals surface area contributed by atoms with Gasteiger partial charge in [0.25, 0.3) is 0 Å². The predicted molar refractivity (Wildman–Crippen MR) is 70.3 cm³/mol. The first-order valence-corrected chi connectivity index (χ1v) is 5.73. The average Bonchev–Trinajstić information content (AvgIpc) is 2.41. The topological polar surface area (TPSA) is 72.6 Å². The lowest BCUT2D eigenvalue weighted by Gasteiger charge is -2.09. The summed E-state index contributed by atoms with van der Waals surface area (Å²) >= 11 is 0. The van der Waals surface area contributed by atoms with Crippen molar-refractivity contribution in [2.45, 2.75) is 13.5 Å². The van der Waals surface area contributed by atoms with Gasteiger partial charge in [-0.3, -0.25) is 10.1 Å². The van der Waals surface area contributed by atoms with Crippen molar-refractivity contribution in [2.75, 3.05) is 0 Å². The largest absolute Gasteiger partial charge is 0.450 e. The van der Waals surface area contributed by atoms with Crippen LogP contribution in [0.5, 0.6) is 11.5 Å². The smallest absolute Gasteiger partial charge is 0.311 e. The van der Waals surface area contributed by atoms with Gasteiger partial charge in [-0.2, -0.15) is 0 Å². The van der Waals surface area contributed by atoms with Gasteiger partial charge >= 0.3 is 5.69 Å². The first-order chi connectivity index (χ1) is 9.11. The second kappa shape index (κ2) is 5.49. The molecule has 2 aromatic rings. The second-order valence-electron chi connectivity index (χ2n) is 4.08. The van der Waals surface area contributed by atoms with E-state index in [1.54, 1.807) is 18.2 Å². The first kappa shape index (κ1) is 13.0. The van der Waals surface area contributed by atoms with Crippen molar-refractivity contribution in [2.24, 2.45) is 0 Å². The van der Waals surface area contributed by atoms with Crippen LogP contribution in [0.3, 0.4) is 0 Å². The van der Waals surface area contributed by atoms with Crippen LogP contribution in [0.2, 0.25) is 0 Å². The van der Waals surface area contributed by atoms with Gasteiger partial charge in [-0.25, -0.2) is 0 Å². The van der Waals surface area contributed by atoms with Crippen molar-refractivity contribution in [3.05, 3.63) is 63.7 Å². The van der Waals surface area contributed by atoms with E-state index in [4.69, 9.17) is 9.84 Å². The van der Waals surface area contributed by atoms with E-state index >= 15 is 0 Å². The molecule has 5 nitrogen and oxygen atoms in total. The van der Waals surface area contributed by atoms with Gasteiger partial charge in [0, 0.05) is 6.07 Å². The molecule has 0 heterocycles. The van der Waals surface area contributed by atoms with Gasteiger partial charge in [-0.1, -0.05) is 24.3 Å². The monoisotopic (exact) mass is 259 g/mol. The molecule has 2 aromatic carbocycles. The number of aliphatic hydroxyl groups excluding tert-OH is 1. The molecule has 0 unspecified atom stereocenters. The molecule has 0 saturated heterocycles. The molecule has 0 aromatic heterocycles. The van der Waals surface area contributed by atoms with Gasteiger partial charge in [-0.15, -0.1) is 0 Å². The third kappa shape index (κ3) is 2.89. The van der Waals surface area contributed by atoms with Gasteiger partial charge in [0.1, 0.15) is 5.75 Å². The summed E-state index contributed by atoms with van der Waals surface area (Å²) in [6, 6.07) is 11.7. The zero-order valence-corrected chi connectivity index (χ0v) is 10.4. The number of ether oxygens (including phenoxy) is 1. The summed E-state index contributed by atoms with van der Waals surface area (Å²) in [4.78, 5) is 10.5. The van der Waals surface area contributed by atoms with Crippen molar-refractivity contribution in [1.82, 2.24) is 0 Å². The Bertz CT molecular complexity index is 610. The van der Waals surface area contributed by atoms with Crippen LogP contribution in [0.25, 0.3) is 0 Å². The lowest BCUT2D eigenvalue weighted by molar-refractivity contribution is -0.385. The standard InChI is InChI=1S/C14H13NO4/c1-10-4-2-3-5-13(10)19-14-7-6-11(9-16)8-12(14)15(17)18/h2-8,16H,9H2,1H3. The minimum atomic E-state index is -0.521. The highest BCUT2D eigenvalue weighted by Gasteiger charge is 2.17. The summed E-state index contributed by atoms with van der Waals surface area (Å²) in [6.45, 7) is 1.62. The molecule has 19 heavy (non-hydrogen) atoms. The van der Waals surface area contributed by atoms with Crippen molar-refractivity contribution in [3.63, 3.8) is 0 Å². The van der Waals surface area contributed by atoms with E-state index in [2.05, 4.69) is 0 Å². The molecule has 2 rings (SSSR count). The van der Waals surface area contributed by atoms with Gasteiger partial charge < -0.3 is 9.84 Å². The number of benzene rings is 2. The summed E-state index contributed by atoms with van der Waals surface area (Å²) in [5.41, 5.74) is 1.21. The Hall–Kier alpha value is -2.40. The molecule has 0 aliphatic rings. The van der Waals surface area contributed by atoms with Crippen LogP contribution in [0.4, 0.5) is 5.69 Å². The molecule has 0 fully saturated rings. The quantitative estimate of drug-likeness (QED) is 0.676. The Morgan fingerprint density at radius 3 is 2.58 bits per heavy atom. The minimum absolute atomic E-state index is 0.158. The molecule has 0 bridgehead atoms. The maximum Gasteiger partial charge on any atom is 0.311 e. The molecule has 1 N–H and O–H groups in total. The highest BCUT2D eigenvalue weighted by atomic mass is 16.6. The number of hydrogen-bond donors (Lipinski definition) is 1. The normalized spacial score (nSPS) is 10.2. The summed E-state index contributed by atoms with van der Waals surface area (Å²) < 4.78 is 5.58. The molecule has 0 saturated carbocycles. The van der Waals surface area contributed by atoms with E-state index in [9.17, 15) is 10.1 Å². The van der Waals surface area contributed by atoms with Crippen LogP contribution in [0.15, 0.2) is 42.5 Å². The molecule has 0 radical (unpaired) electrons. The van der Waals surface area contributed by atoms with Gasteiger partial charge in [0.05, 0.1) is 11.5 Å². The molecule has 98 valence electrons. The molecule has 0 atom stereocenters. The summed E-state index contributed by atoms with van der Waals surface area (Å²) in [5.74, 6) is 0.735. The molecule has 0 amide bonds. The number of nitrogens with zero attached hydrogens (tertiary/aromatic N) is 1. The van der Waals surface area contributed by atoms with E-state index in [0.717, 1.165) is 5.56 Å². The van der Waals surface area contributed by atoms with Crippen molar-refractivity contribution >= 4 is 5.69 Å². The minimum Gasteiger partial charge on any atom is -0.450 e. The van der Waals surface area contributed by atoms with E-state index in [1.165, 1.54) is 12.1 Å². The molecule has 0 aliphatic heterocycles. The average molecular weight is 259 g/mol. The Balaban J connectivity index is 2.40. The third-order valence-corrected chi connectivity index (χ3v) is 2.72. The van der Waals surface area contributed by atoms with Crippen LogP contribution in [-0.4, -0.2) is 10.0 Å². The molecule has 5 heteroatoms. The van der Waals surface area contributed by atoms with Crippen molar-refractivity contribution < 1.29 is 14.8 Å². The van der Waals surface area contributed by atoms with Gasteiger partial charge in [-0.05, 0) is 30.2 Å². The number of hydrogen-bond acceptors (Lipinski definition) is 4. The zero-order chi connectivity index (χ0) is 13.8. The summed E-state index contributed by atoms with van der Waals surface area (Å²) in [7, 11) is 0. The van der Waals surface area contributed by atoms with Gasteiger partial charge in [0.2, 0.25) is 5.75 Å². The highest BCUT2D eigenvalue weighted by molar-refractivity contribution is 5.51. The molecular formula is C14H13NO4. The lowest BCUT2D eigenvalue weighted by Crippen LogP contribution is -1.96. The highest BCUT2D eigenvalue weighted by Crippen LogP contribution is 2.33. The second-order valence-corrected chi connectivity index (χ2v) is 4.08. The SMILES string of the molecule is Cc1ccccc1Oc1ccc(CO)cc1[N+](=O)[O-]. The summed E-state index contributed by atoms with van der Waals surface area (Å²) in [6.07, 6.45) is 0. The van der Waals surface area contributed by atoms with Crippen LogP contribution in [0, 0.1) is 17.0 Å². The zero-order valence-electron chi connectivity index (χ0n) is 10.4. The van der Waals surface area contributed by atoms with Crippen molar-refractivity contribution in [3.8, 4) is 11.5 Å². The fourth-order valence-corrected chi connectivity index (χ4v) is 1.68. The van der Waals surface area contributed by atoms with Crippen LogP contribution >= 0.6 is 0 Å². The Morgan fingerprint density at radius 2 is 1.95 bits per heavy atom. The van der Waals surface area contributed by atoms with Crippen LogP contribution in [0.1, 0.15) is 11.1 Å². The Kier molecular flexibility index (Phi) is 3.77. The number of nitro groups is 1. The molecular weight excluding hydrogens is 246 g/mol. The van der Waals surface area contributed by atoms with Crippen molar-refractivity contribution in [1.29, 1.82) is 0 Å². The lowest BCUT2D eigenvalue weighted by atomic mass is 10.2. The molecule has 0 spiro atoms. The fourth-order valence-electron chi connectivity index (χ4n) is 1.68. The van der Waals surface area contributed by atoms with E-state index < -0.39 is 4.92 Å². The van der Waals surface area contributed by atoms with Crippen LogP contribution in [-0.2, 0) is 6.61 Å². The van der Waals surface area contributed by atoms with E-state index in [-0.39, 0.29) is 18.0 Å². The number of nitro benzene ring substituents is 1. The number of aliphatic hydroxyl groups is 1. The van der Waals surface area contributed by atoms with Gasteiger partial charge in [0.15, 0.2) is 0 Å².